The second-order valence-electron chi connectivity index (χ2n) is 14.6. The summed E-state index contributed by atoms with van der Waals surface area (Å²) >= 11 is 0. The molecule has 0 fully saturated rings. The summed E-state index contributed by atoms with van der Waals surface area (Å²) in [5, 5.41) is 0. The van der Waals surface area contributed by atoms with Crippen LogP contribution >= 0.6 is 0 Å². The van der Waals surface area contributed by atoms with Gasteiger partial charge in [0.15, 0.2) is 0 Å². The van der Waals surface area contributed by atoms with Crippen LogP contribution in [0.3, 0.4) is 0 Å². The van der Waals surface area contributed by atoms with Crippen molar-refractivity contribution < 1.29 is 0 Å². The molecule has 1 nitrogen and oxygen atoms in total. The molecular formula is C51H51N. The SMILES string of the molecule is CC(C)c1ccc(/C=C/c2ccc(N(c3ccc(/C=C/c4ccc(C(C)C)cc4)cc3)c3ccc(/C=C/c4ccc(C(C)C)cc4)cc3)cc2)cc1. The van der Waals surface area contributed by atoms with Gasteiger partial charge in [-0.15, -0.1) is 0 Å². The Balaban J connectivity index is 1.24. The Kier molecular flexibility index (Phi) is 11.8. The molecule has 0 aliphatic carbocycles. The molecule has 0 bridgehead atoms. The predicted octanol–water partition coefficient (Wildman–Crippen LogP) is 15.0. The molecule has 0 radical (unpaired) electrons. The first kappa shape index (κ1) is 36.1. The zero-order valence-electron chi connectivity index (χ0n) is 31.5. The van der Waals surface area contributed by atoms with Gasteiger partial charge in [0.25, 0.3) is 0 Å². The zero-order chi connectivity index (χ0) is 36.5. The molecule has 0 aliphatic rings. The molecule has 0 saturated heterocycles. The second-order valence-corrected chi connectivity index (χ2v) is 14.6. The lowest BCUT2D eigenvalue weighted by Crippen LogP contribution is -2.09. The fourth-order valence-electron chi connectivity index (χ4n) is 6.20. The van der Waals surface area contributed by atoms with Crippen LogP contribution in [0.4, 0.5) is 17.1 Å². The van der Waals surface area contributed by atoms with Gasteiger partial charge >= 0.3 is 0 Å². The Morgan fingerprint density at radius 3 is 0.615 bits per heavy atom. The molecule has 6 aromatic rings. The standard InChI is InChI=1S/C51H51N/c1-37(2)46-25-13-40(14-26-46)7-10-43-19-31-49(32-20-43)52(50-33-21-44(22-34-50)11-8-41-15-27-47(28-16-41)38(3)4)51-35-23-45(24-36-51)12-9-42-17-29-48(30-18-42)39(5)6/h7-39H,1-6H3/b10-7+,11-8+,12-9+. The van der Waals surface area contributed by atoms with E-state index >= 15 is 0 Å². The molecule has 0 aliphatic heterocycles. The summed E-state index contributed by atoms with van der Waals surface area (Å²) < 4.78 is 0. The first-order valence-corrected chi connectivity index (χ1v) is 18.7. The Morgan fingerprint density at radius 2 is 0.442 bits per heavy atom. The second kappa shape index (κ2) is 17.0. The maximum absolute atomic E-state index is 2.33. The van der Waals surface area contributed by atoms with Crippen LogP contribution in [-0.4, -0.2) is 0 Å². The molecule has 0 heterocycles. The van der Waals surface area contributed by atoms with E-state index in [0.717, 1.165) is 17.1 Å². The molecule has 0 atom stereocenters. The van der Waals surface area contributed by atoms with Gasteiger partial charge in [-0.05, 0) is 104 Å². The monoisotopic (exact) mass is 677 g/mol. The summed E-state index contributed by atoms with van der Waals surface area (Å²) in [6, 6.07) is 53.0. The lowest BCUT2D eigenvalue weighted by Gasteiger charge is -2.26. The van der Waals surface area contributed by atoms with Gasteiger partial charge in [-0.2, -0.15) is 0 Å². The number of anilines is 3. The fourth-order valence-corrected chi connectivity index (χ4v) is 6.20. The molecule has 6 rings (SSSR count). The fraction of sp³-hybridized carbons (Fsp3) is 0.176. The summed E-state index contributed by atoms with van der Waals surface area (Å²) in [5.74, 6) is 1.61. The summed E-state index contributed by atoms with van der Waals surface area (Å²) in [4.78, 5) is 2.33. The van der Waals surface area contributed by atoms with E-state index in [2.05, 4.69) is 228 Å². The average Bonchev–Trinajstić information content (AvgIpc) is 3.17. The van der Waals surface area contributed by atoms with Crippen molar-refractivity contribution >= 4 is 53.5 Å². The molecule has 0 saturated carbocycles. The number of rotatable bonds is 12. The molecule has 0 N–H and O–H groups in total. The largest absolute Gasteiger partial charge is 0.311 e. The molecule has 260 valence electrons. The third-order valence-corrected chi connectivity index (χ3v) is 9.67. The van der Waals surface area contributed by atoms with Gasteiger partial charge in [-0.25, -0.2) is 0 Å². The van der Waals surface area contributed by atoms with E-state index in [4.69, 9.17) is 0 Å². The van der Waals surface area contributed by atoms with Crippen LogP contribution in [0.5, 0.6) is 0 Å². The zero-order valence-corrected chi connectivity index (χ0v) is 31.5. The highest BCUT2D eigenvalue weighted by molar-refractivity contribution is 5.80. The van der Waals surface area contributed by atoms with E-state index < -0.39 is 0 Å². The van der Waals surface area contributed by atoms with E-state index in [-0.39, 0.29) is 0 Å². The van der Waals surface area contributed by atoms with Crippen molar-refractivity contribution in [1.29, 1.82) is 0 Å². The molecule has 0 aromatic heterocycles. The predicted molar refractivity (Wildman–Crippen MR) is 230 cm³/mol. The maximum Gasteiger partial charge on any atom is 0.0462 e. The highest BCUT2D eigenvalue weighted by atomic mass is 15.1. The number of hydrogen-bond acceptors (Lipinski definition) is 1. The Morgan fingerprint density at radius 1 is 0.269 bits per heavy atom. The van der Waals surface area contributed by atoms with E-state index in [1.807, 2.05) is 0 Å². The molecule has 1 heteroatoms. The highest BCUT2D eigenvalue weighted by Crippen LogP contribution is 2.35. The van der Waals surface area contributed by atoms with Crippen LogP contribution in [-0.2, 0) is 0 Å². The lowest BCUT2D eigenvalue weighted by atomic mass is 10.0. The first-order valence-electron chi connectivity index (χ1n) is 18.7. The van der Waals surface area contributed by atoms with Gasteiger partial charge in [0.05, 0.1) is 0 Å². The first-order chi connectivity index (χ1) is 25.2. The summed E-state index contributed by atoms with van der Waals surface area (Å²) in [6.07, 6.45) is 13.1. The minimum atomic E-state index is 0.536. The van der Waals surface area contributed by atoms with Crippen molar-refractivity contribution in [2.24, 2.45) is 0 Å². The Bertz CT molecular complexity index is 1840. The quantitative estimate of drug-likeness (QED) is 0.117. The third kappa shape index (κ3) is 9.56. The van der Waals surface area contributed by atoms with Gasteiger partial charge < -0.3 is 4.90 Å². The van der Waals surface area contributed by atoms with Crippen LogP contribution in [0.1, 0.15) is 109 Å². The van der Waals surface area contributed by atoms with E-state index in [0.29, 0.717) is 17.8 Å². The number of benzene rings is 6. The normalized spacial score (nSPS) is 11.9. The van der Waals surface area contributed by atoms with Crippen molar-refractivity contribution in [3.63, 3.8) is 0 Å². The van der Waals surface area contributed by atoms with Crippen LogP contribution in [0.15, 0.2) is 146 Å². The van der Waals surface area contributed by atoms with Crippen LogP contribution in [0.25, 0.3) is 36.5 Å². The van der Waals surface area contributed by atoms with E-state index in [9.17, 15) is 0 Å². The Labute approximate surface area is 312 Å². The van der Waals surface area contributed by atoms with Crippen LogP contribution < -0.4 is 4.90 Å². The molecule has 0 spiro atoms. The lowest BCUT2D eigenvalue weighted by molar-refractivity contribution is 0.866. The molecule has 0 unspecified atom stereocenters. The van der Waals surface area contributed by atoms with Crippen molar-refractivity contribution in [3.05, 3.63) is 196 Å². The van der Waals surface area contributed by atoms with Crippen LogP contribution in [0.2, 0.25) is 0 Å². The van der Waals surface area contributed by atoms with Crippen LogP contribution in [0, 0.1) is 0 Å². The number of nitrogens with zero attached hydrogens (tertiary/aromatic N) is 1. The van der Waals surface area contributed by atoms with Gasteiger partial charge in [-0.1, -0.05) is 187 Å². The molecule has 6 aromatic carbocycles. The van der Waals surface area contributed by atoms with E-state index in [1.165, 1.54) is 50.1 Å². The molecule has 52 heavy (non-hydrogen) atoms. The van der Waals surface area contributed by atoms with Gasteiger partial charge in [0, 0.05) is 17.1 Å². The minimum Gasteiger partial charge on any atom is -0.311 e. The minimum absolute atomic E-state index is 0.536. The third-order valence-electron chi connectivity index (χ3n) is 9.67. The van der Waals surface area contributed by atoms with Gasteiger partial charge in [-0.3, -0.25) is 0 Å². The summed E-state index contributed by atoms with van der Waals surface area (Å²) in [7, 11) is 0. The smallest absolute Gasteiger partial charge is 0.0462 e. The van der Waals surface area contributed by atoms with Crippen molar-refractivity contribution in [3.8, 4) is 0 Å². The highest BCUT2D eigenvalue weighted by Gasteiger charge is 2.12. The topological polar surface area (TPSA) is 3.24 Å². The maximum atomic E-state index is 2.33. The van der Waals surface area contributed by atoms with Crippen molar-refractivity contribution in [2.45, 2.75) is 59.3 Å². The van der Waals surface area contributed by atoms with Gasteiger partial charge in [0.2, 0.25) is 0 Å². The van der Waals surface area contributed by atoms with Crippen molar-refractivity contribution in [2.75, 3.05) is 4.90 Å². The molecular weight excluding hydrogens is 627 g/mol. The average molecular weight is 678 g/mol. The Hall–Kier alpha value is -5.66. The van der Waals surface area contributed by atoms with E-state index in [1.54, 1.807) is 0 Å². The number of hydrogen-bond donors (Lipinski definition) is 0. The summed E-state index contributed by atoms with van der Waals surface area (Å²) in [6.45, 7) is 13.4. The molecule has 0 amide bonds. The summed E-state index contributed by atoms with van der Waals surface area (Å²) in [5.41, 5.74) is 14.5. The van der Waals surface area contributed by atoms with Crippen molar-refractivity contribution in [1.82, 2.24) is 0 Å². The van der Waals surface area contributed by atoms with Gasteiger partial charge in [0.1, 0.15) is 0 Å².